The molecule has 1 heteroatoms. The van der Waals surface area contributed by atoms with Gasteiger partial charge in [0.2, 0.25) is 0 Å². The largest absolute Gasteiger partial charge is 0.261 e. The molecular formula is C13H17N. The zero-order valence-corrected chi connectivity index (χ0v) is 9.12. The molecule has 0 aliphatic heterocycles. The minimum atomic E-state index is 0.826. The maximum atomic E-state index is 4.29. The summed E-state index contributed by atoms with van der Waals surface area (Å²) in [5, 5.41) is 0. The maximum Gasteiger partial charge on any atom is 0.0375 e. The van der Waals surface area contributed by atoms with E-state index in [1.54, 1.807) is 0 Å². The van der Waals surface area contributed by atoms with Crippen molar-refractivity contribution in [3.05, 3.63) is 35.2 Å². The lowest BCUT2D eigenvalue weighted by Gasteiger charge is -2.09. The first-order valence-corrected chi connectivity index (χ1v) is 5.49. The van der Waals surface area contributed by atoms with Crippen LogP contribution < -0.4 is 0 Å². The van der Waals surface area contributed by atoms with Crippen molar-refractivity contribution in [2.24, 2.45) is 5.92 Å². The Morgan fingerprint density at radius 3 is 2.93 bits per heavy atom. The number of fused-ring (bicyclic) bond motifs is 3. The summed E-state index contributed by atoms with van der Waals surface area (Å²) in [4.78, 5) is 4.29. The van der Waals surface area contributed by atoms with E-state index in [0.29, 0.717) is 0 Å². The fourth-order valence-corrected chi connectivity index (χ4v) is 2.06. The van der Waals surface area contributed by atoms with E-state index in [9.17, 15) is 0 Å². The molecule has 2 aliphatic carbocycles. The smallest absolute Gasteiger partial charge is 0.0375 e. The molecule has 1 nitrogen and oxygen atoms in total. The van der Waals surface area contributed by atoms with Gasteiger partial charge < -0.3 is 0 Å². The zero-order chi connectivity index (χ0) is 10.1. The molecule has 0 amide bonds. The Bertz CT molecular complexity index is 365. The zero-order valence-electron chi connectivity index (χ0n) is 9.12. The molecule has 0 N–H and O–H groups in total. The van der Waals surface area contributed by atoms with Crippen LogP contribution in [0.15, 0.2) is 18.3 Å². The Balaban J connectivity index is 0.000000354. The Morgan fingerprint density at radius 1 is 1.36 bits per heavy atom. The molecule has 0 spiro atoms. The number of rotatable bonds is 0. The molecule has 2 aliphatic rings. The van der Waals surface area contributed by atoms with E-state index in [-0.39, 0.29) is 0 Å². The number of hydrogen-bond donors (Lipinski definition) is 0. The van der Waals surface area contributed by atoms with Gasteiger partial charge in [0.05, 0.1) is 0 Å². The van der Waals surface area contributed by atoms with Crippen LogP contribution in [0.1, 0.15) is 43.0 Å². The highest BCUT2D eigenvalue weighted by Gasteiger charge is 2.39. The van der Waals surface area contributed by atoms with Gasteiger partial charge in [-0.3, -0.25) is 4.98 Å². The lowest BCUT2D eigenvalue weighted by atomic mass is 9.99. The van der Waals surface area contributed by atoms with Gasteiger partial charge in [0, 0.05) is 11.9 Å². The third-order valence-corrected chi connectivity index (χ3v) is 2.87. The molecule has 3 rings (SSSR count). The van der Waals surface area contributed by atoms with E-state index in [4.69, 9.17) is 0 Å². The molecule has 1 saturated carbocycles. The highest BCUT2D eigenvalue weighted by atomic mass is 14.7. The third kappa shape index (κ3) is 1.47. The van der Waals surface area contributed by atoms with Gasteiger partial charge in [-0.1, -0.05) is 26.0 Å². The van der Waals surface area contributed by atoms with E-state index >= 15 is 0 Å². The highest BCUT2D eigenvalue weighted by Crippen LogP contribution is 2.52. The van der Waals surface area contributed by atoms with E-state index in [1.165, 1.54) is 17.5 Å². The molecule has 2 atom stereocenters. The highest BCUT2D eigenvalue weighted by molar-refractivity contribution is 5.60. The summed E-state index contributed by atoms with van der Waals surface area (Å²) in [7, 11) is 0. The van der Waals surface area contributed by atoms with Crippen LogP contribution in [0, 0.1) is 12.8 Å². The third-order valence-electron chi connectivity index (χ3n) is 2.87. The minimum absolute atomic E-state index is 0.826. The van der Waals surface area contributed by atoms with Crippen LogP contribution >= 0.6 is 0 Å². The average molecular weight is 187 g/mol. The van der Waals surface area contributed by atoms with Crippen LogP contribution in [0.4, 0.5) is 0 Å². The first-order valence-electron chi connectivity index (χ1n) is 5.49. The molecule has 0 saturated heterocycles. The van der Waals surface area contributed by atoms with Crippen molar-refractivity contribution in [1.29, 1.82) is 0 Å². The monoisotopic (exact) mass is 187 g/mol. The lowest BCUT2D eigenvalue weighted by molar-refractivity contribution is 0.978. The lowest BCUT2D eigenvalue weighted by Crippen LogP contribution is -1.95. The first kappa shape index (κ1) is 9.45. The number of aromatic nitrogens is 1. The van der Waals surface area contributed by atoms with Gasteiger partial charge in [0.15, 0.2) is 0 Å². The van der Waals surface area contributed by atoms with Crippen LogP contribution in [0.5, 0.6) is 0 Å². The normalized spacial score (nSPS) is 25.6. The molecule has 74 valence electrons. The molecule has 1 heterocycles. The van der Waals surface area contributed by atoms with Crippen molar-refractivity contribution in [3.63, 3.8) is 0 Å². The molecule has 2 unspecified atom stereocenters. The van der Waals surface area contributed by atoms with Crippen LogP contribution in [0.25, 0.3) is 6.08 Å². The summed E-state index contributed by atoms with van der Waals surface area (Å²) in [6.07, 6.45) is 7.89. The van der Waals surface area contributed by atoms with Crippen molar-refractivity contribution in [2.75, 3.05) is 0 Å². The molecule has 0 bridgehead atoms. The maximum absolute atomic E-state index is 4.29. The molecule has 1 aromatic rings. The van der Waals surface area contributed by atoms with Crippen LogP contribution in [0.3, 0.4) is 0 Å². The van der Waals surface area contributed by atoms with Crippen molar-refractivity contribution < 1.29 is 0 Å². The number of nitrogens with zero attached hydrogens (tertiary/aromatic N) is 1. The number of aryl methyl sites for hydroxylation is 1. The molecule has 0 aromatic carbocycles. The van der Waals surface area contributed by atoms with E-state index in [0.717, 1.165) is 17.5 Å². The van der Waals surface area contributed by atoms with Crippen molar-refractivity contribution in [1.82, 2.24) is 4.98 Å². The fraction of sp³-hybridized carbons (Fsp3) is 0.462. The second-order valence-electron chi connectivity index (χ2n) is 3.82. The predicted octanol–water partition coefficient (Wildman–Crippen LogP) is 3.55. The van der Waals surface area contributed by atoms with E-state index in [1.807, 2.05) is 20.0 Å². The van der Waals surface area contributed by atoms with Gasteiger partial charge in [-0.15, -0.1) is 0 Å². The Labute approximate surface area is 85.9 Å². The summed E-state index contributed by atoms with van der Waals surface area (Å²) >= 11 is 0. The fourth-order valence-electron chi connectivity index (χ4n) is 2.06. The summed E-state index contributed by atoms with van der Waals surface area (Å²) in [5.41, 5.74) is 4.00. The summed E-state index contributed by atoms with van der Waals surface area (Å²) < 4.78 is 0. The average Bonchev–Trinajstić information content (AvgIpc) is 3.00. The van der Waals surface area contributed by atoms with Crippen molar-refractivity contribution in [2.45, 2.75) is 33.1 Å². The van der Waals surface area contributed by atoms with Crippen molar-refractivity contribution >= 4 is 6.08 Å². The van der Waals surface area contributed by atoms with Gasteiger partial charge in [-0.25, -0.2) is 0 Å². The molecule has 0 radical (unpaired) electrons. The van der Waals surface area contributed by atoms with E-state index in [2.05, 4.69) is 30.1 Å². The topological polar surface area (TPSA) is 12.9 Å². The van der Waals surface area contributed by atoms with Gasteiger partial charge >= 0.3 is 0 Å². The predicted molar refractivity (Wildman–Crippen MR) is 60.2 cm³/mol. The molecular weight excluding hydrogens is 170 g/mol. The standard InChI is InChI=1S/C11H11N.C2H6/c1-7-4-10-9(6-12-7)3-2-8-5-11(8)10;1-2/h2-4,6,8,11H,5H2,1H3;1-2H3. The summed E-state index contributed by atoms with van der Waals surface area (Å²) in [6, 6.07) is 2.24. The summed E-state index contributed by atoms with van der Waals surface area (Å²) in [5.74, 6) is 1.67. The Kier molecular flexibility index (Phi) is 2.40. The van der Waals surface area contributed by atoms with Gasteiger partial charge in [0.25, 0.3) is 0 Å². The second kappa shape index (κ2) is 3.56. The first-order chi connectivity index (χ1) is 6.84. The van der Waals surface area contributed by atoms with Gasteiger partial charge in [-0.05, 0) is 42.4 Å². The Morgan fingerprint density at radius 2 is 2.14 bits per heavy atom. The van der Waals surface area contributed by atoms with Gasteiger partial charge in [-0.2, -0.15) is 0 Å². The number of hydrogen-bond acceptors (Lipinski definition) is 1. The van der Waals surface area contributed by atoms with Crippen molar-refractivity contribution in [3.8, 4) is 0 Å². The molecule has 1 fully saturated rings. The number of allylic oxidation sites excluding steroid dienone is 1. The number of pyridine rings is 1. The second-order valence-corrected chi connectivity index (χ2v) is 3.82. The van der Waals surface area contributed by atoms with Gasteiger partial charge in [0.1, 0.15) is 0 Å². The Hall–Kier alpha value is -1.11. The van der Waals surface area contributed by atoms with Crippen LogP contribution in [-0.2, 0) is 0 Å². The summed E-state index contributed by atoms with van der Waals surface area (Å²) in [6.45, 7) is 6.07. The quantitative estimate of drug-likeness (QED) is 0.605. The molecule has 1 aromatic heterocycles. The SMILES string of the molecule is CC.Cc1cc2c(cn1)C=CC1CC21. The van der Waals surface area contributed by atoms with Crippen LogP contribution in [0.2, 0.25) is 0 Å². The van der Waals surface area contributed by atoms with Crippen LogP contribution in [-0.4, -0.2) is 4.98 Å². The molecule has 14 heavy (non-hydrogen) atoms. The minimum Gasteiger partial charge on any atom is -0.261 e. The van der Waals surface area contributed by atoms with E-state index < -0.39 is 0 Å².